The summed E-state index contributed by atoms with van der Waals surface area (Å²) in [6.07, 6.45) is 5.43. The minimum absolute atomic E-state index is 0.371. The van der Waals surface area contributed by atoms with Gasteiger partial charge in [0.05, 0.1) is 0 Å². The molecule has 0 heterocycles. The number of rotatable bonds is 2. The van der Waals surface area contributed by atoms with Gasteiger partial charge in [0, 0.05) is 5.56 Å². The topological polar surface area (TPSA) is 17.1 Å². The number of fused-ring (bicyclic) bond motifs is 1. The number of carbonyl (C=O) groups excluding carboxylic acids is 1. The molecule has 0 saturated heterocycles. The van der Waals surface area contributed by atoms with Gasteiger partial charge in [-0.25, -0.2) is 4.39 Å². The number of hydrogen-bond donors (Lipinski definition) is 0. The lowest BCUT2D eigenvalue weighted by Crippen LogP contribution is -2.02. The molecule has 0 fully saturated rings. The van der Waals surface area contributed by atoms with E-state index >= 15 is 0 Å². The van der Waals surface area contributed by atoms with E-state index < -0.39 is 0 Å². The molecule has 3 rings (SSSR count). The molecule has 1 nitrogen and oxygen atoms in total. The van der Waals surface area contributed by atoms with Crippen molar-refractivity contribution in [2.24, 2.45) is 0 Å². The second-order valence-corrected chi connectivity index (χ2v) is 5.04. The highest BCUT2D eigenvalue weighted by Crippen LogP contribution is 2.29. The Hall–Kier alpha value is -1.96. The minimum Gasteiger partial charge on any atom is -0.298 e. The molecule has 0 unspecified atom stereocenters. The highest BCUT2D eigenvalue weighted by atomic mass is 19.1. The Morgan fingerprint density at radius 3 is 2.53 bits per heavy atom. The van der Waals surface area contributed by atoms with E-state index in [1.54, 1.807) is 6.07 Å². The fourth-order valence-electron chi connectivity index (χ4n) is 2.79. The van der Waals surface area contributed by atoms with Crippen molar-refractivity contribution in [1.82, 2.24) is 0 Å². The summed E-state index contributed by atoms with van der Waals surface area (Å²) in [4.78, 5) is 11.1. The Morgan fingerprint density at radius 2 is 1.74 bits per heavy atom. The molecular formula is C17H15FO. The minimum atomic E-state index is -0.371. The lowest BCUT2D eigenvalue weighted by molar-refractivity contribution is 0.112. The van der Waals surface area contributed by atoms with Gasteiger partial charge in [0.2, 0.25) is 0 Å². The summed E-state index contributed by atoms with van der Waals surface area (Å²) in [6, 6.07) is 10.7. The molecule has 0 aromatic heterocycles. The molecule has 0 amide bonds. The summed E-state index contributed by atoms with van der Waals surface area (Å²) < 4.78 is 13.2. The number of halogens is 1. The summed E-state index contributed by atoms with van der Waals surface area (Å²) in [5.74, 6) is -0.371. The second-order valence-electron chi connectivity index (χ2n) is 5.04. The predicted molar refractivity (Wildman–Crippen MR) is 73.9 cm³/mol. The van der Waals surface area contributed by atoms with Gasteiger partial charge in [-0.3, -0.25) is 4.79 Å². The van der Waals surface area contributed by atoms with E-state index in [1.165, 1.54) is 36.1 Å². The van der Waals surface area contributed by atoms with Crippen LogP contribution in [-0.4, -0.2) is 6.29 Å². The molecule has 0 saturated carbocycles. The first-order valence-electron chi connectivity index (χ1n) is 6.65. The first kappa shape index (κ1) is 12.1. The monoisotopic (exact) mass is 254 g/mol. The largest absolute Gasteiger partial charge is 0.298 e. The van der Waals surface area contributed by atoms with E-state index in [0.29, 0.717) is 5.56 Å². The van der Waals surface area contributed by atoms with Gasteiger partial charge >= 0.3 is 0 Å². The zero-order chi connectivity index (χ0) is 13.2. The number of hydrogen-bond acceptors (Lipinski definition) is 1. The van der Waals surface area contributed by atoms with Crippen molar-refractivity contribution in [2.45, 2.75) is 25.7 Å². The maximum Gasteiger partial charge on any atom is 0.150 e. The van der Waals surface area contributed by atoms with E-state index in [9.17, 15) is 9.18 Å². The Kier molecular flexibility index (Phi) is 3.16. The SMILES string of the molecule is O=Cc1cc(F)ccc1-c1ccc2c(c1)CCCC2. The third-order valence-electron chi connectivity index (χ3n) is 3.80. The van der Waals surface area contributed by atoms with Gasteiger partial charge in [0.1, 0.15) is 5.82 Å². The van der Waals surface area contributed by atoms with Crippen LogP contribution in [0.4, 0.5) is 4.39 Å². The maximum atomic E-state index is 13.2. The summed E-state index contributed by atoms with van der Waals surface area (Å²) >= 11 is 0. The van der Waals surface area contributed by atoms with Crippen LogP contribution in [0.2, 0.25) is 0 Å². The molecule has 1 aliphatic carbocycles. The molecule has 0 aliphatic heterocycles. The lowest BCUT2D eigenvalue weighted by atomic mass is 9.88. The number of carbonyl (C=O) groups is 1. The van der Waals surface area contributed by atoms with Crippen molar-refractivity contribution in [3.8, 4) is 11.1 Å². The van der Waals surface area contributed by atoms with Gasteiger partial charge in [-0.1, -0.05) is 24.3 Å². The molecule has 19 heavy (non-hydrogen) atoms. The van der Waals surface area contributed by atoms with Crippen molar-refractivity contribution >= 4 is 6.29 Å². The highest BCUT2D eigenvalue weighted by Gasteiger charge is 2.12. The van der Waals surface area contributed by atoms with Crippen LogP contribution >= 0.6 is 0 Å². The molecule has 2 aromatic carbocycles. The fourth-order valence-corrected chi connectivity index (χ4v) is 2.79. The van der Waals surface area contributed by atoms with Crippen molar-refractivity contribution in [3.05, 3.63) is 58.9 Å². The molecule has 0 N–H and O–H groups in total. The number of aryl methyl sites for hydroxylation is 2. The molecule has 96 valence electrons. The van der Waals surface area contributed by atoms with Crippen LogP contribution in [-0.2, 0) is 12.8 Å². The van der Waals surface area contributed by atoms with Crippen molar-refractivity contribution < 1.29 is 9.18 Å². The van der Waals surface area contributed by atoms with Crippen LogP contribution in [0.3, 0.4) is 0 Å². The summed E-state index contributed by atoms with van der Waals surface area (Å²) in [5, 5.41) is 0. The zero-order valence-corrected chi connectivity index (χ0v) is 10.7. The Bertz CT molecular complexity index is 631. The Morgan fingerprint density at radius 1 is 0.947 bits per heavy atom. The van der Waals surface area contributed by atoms with E-state index in [0.717, 1.165) is 30.3 Å². The third kappa shape index (κ3) is 2.30. The van der Waals surface area contributed by atoms with Gasteiger partial charge in [-0.2, -0.15) is 0 Å². The Labute approximate surface area is 112 Å². The molecule has 2 heteroatoms. The predicted octanol–water partition coefficient (Wildman–Crippen LogP) is 4.18. The van der Waals surface area contributed by atoms with Gasteiger partial charge in [-0.05, 0) is 60.1 Å². The number of benzene rings is 2. The Balaban J connectivity index is 2.09. The van der Waals surface area contributed by atoms with Crippen molar-refractivity contribution in [1.29, 1.82) is 0 Å². The number of aldehydes is 1. The quantitative estimate of drug-likeness (QED) is 0.735. The normalized spacial score (nSPS) is 13.9. The zero-order valence-electron chi connectivity index (χ0n) is 10.7. The first-order chi connectivity index (χ1) is 9.28. The van der Waals surface area contributed by atoms with E-state index in [4.69, 9.17) is 0 Å². The van der Waals surface area contributed by atoms with E-state index in [2.05, 4.69) is 12.1 Å². The van der Waals surface area contributed by atoms with Gasteiger partial charge in [-0.15, -0.1) is 0 Å². The van der Waals surface area contributed by atoms with Gasteiger partial charge < -0.3 is 0 Å². The summed E-state index contributed by atoms with van der Waals surface area (Å²) in [5.41, 5.74) is 5.00. The van der Waals surface area contributed by atoms with Crippen LogP contribution < -0.4 is 0 Å². The summed E-state index contributed by atoms with van der Waals surface area (Å²) in [6.45, 7) is 0. The molecular weight excluding hydrogens is 239 g/mol. The molecule has 0 atom stereocenters. The van der Waals surface area contributed by atoms with E-state index in [-0.39, 0.29) is 5.82 Å². The van der Waals surface area contributed by atoms with Crippen LogP contribution in [0.25, 0.3) is 11.1 Å². The maximum absolute atomic E-state index is 13.2. The van der Waals surface area contributed by atoms with Gasteiger partial charge in [0.25, 0.3) is 0 Å². The van der Waals surface area contributed by atoms with Crippen LogP contribution in [0.1, 0.15) is 34.3 Å². The highest BCUT2D eigenvalue weighted by molar-refractivity contribution is 5.87. The van der Waals surface area contributed by atoms with Crippen LogP contribution in [0.15, 0.2) is 36.4 Å². The first-order valence-corrected chi connectivity index (χ1v) is 6.65. The standard InChI is InChI=1S/C17H15FO/c18-16-7-8-17(15(10-16)11-19)14-6-5-12-3-1-2-4-13(12)9-14/h5-11H,1-4H2. The van der Waals surface area contributed by atoms with Crippen LogP contribution in [0.5, 0.6) is 0 Å². The lowest BCUT2D eigenvalue weighted by Gasteiger charge is -2.17. The average molecular weight is 254 g/mol. The second kappa shape index (κ2) is 4.96. The molecule has 1 aliphatic rings. The average Bonchev–Trinajstić information content (AvgIpc) is 2.46. The smallest absolute Gasteiger partial charge is 0.150 e. The van der Waals surface area contributed by atoms with Gasteiger partial charge in [0.15, 0.2) is 6.29 Å². The third-order valence-corrected chi connectivity index (χ3v) is 3.80. The molecule has 0 radical (unpaired) electrons. The molecule has 0 spiro atoms. The summed E-state index contributed by atoms with van der Waals surface area (Å²) in [7, 11) is 0. The van der Waals surface area contributed by atoms with Crippen molar-refractivity contribution in [2.75, 3.05) is 0 Å². The fraction of sp³-hybridized carbons (Fsp3) is 0.235. The van der Waals surface area contributed by atoms with E-state index in [1.807, 2.05) is 6.07 Å². The molecule has 2 aromatic rings. The molecule has 0 bridgehead atoms. The van der Waals surface area contributed by atoms with Crippen molar-refractivity contribution in [3.63, 3.8) is 0 Å². The van der Waals surface area contributed by atoms with Crippen LogP contribution in [0, 0.1) is 5.82 Å².